The highest BCUT2D eigenvalue weighted by Crippen LogP contribution is 2.29. The van der Waals surface area contributed by atoms with Crippen LogP contribution in [0.25, 0.3) is 0 Å². The smallest absolute Gasteiger partial charge is 0.188 e. The first kappa shape index (κ1) is 9.45. The minimum atomic E-state index is -0.948. The van der Waals surface area contributed by atoms with Gasteiger partial charge in [-0.25, -0.2) is 8.78 Å². The van der Waals surface area contributed by atoms with E-state index in [9.17, 15) is 8.78 Å². The van der Waals surface area contributed by atoms with Crippen LogP contribution in [0.15, 0.2) is 10.5 Å². The molecule has 4 heteroatoms. The Labute approximate surface area is 77.2 Å². The first-order valence-electron chi connectivity index (χ1n) is 3.43. The molecule has 0 fully saturated rings. The average molecular weight is 237 g/mol. The van der Waals surface area contributed by atoms with Gasteiger partial charge in [-0.3, -0.25) is 0 Å². The van der Waals surface area contributed by atoms with Crippen LogP contribution in [0.2, 0.25) is 0 Å². The van der Waals surface area contributed by atoms with E-state index >= 15 is 0 Å². The van der Waals surface area contributed by atoms with Crippen molar-refractivity contribution < 1.29 is 13.9 Å². The topological polar surface area (TPSA) is 20.2 Å². The average Bonchev–Trinajstić information content (AvgIpc) is 2.01. The summed E-state index contributed by atoms with van der Waals surface area (Å²) in [4.78, 5) is 0. The molecular weight excluding hydrogens is 230 g/mol. The van der Waals surface area contributed by atoms with E-state index in [0.29, 0.717) is 10.9 Å². The lowest BCUT2D eigenvalue weighted by Crippen LogP contribution is -1.93. The third-order valence-electron chi connectivity index (χ3n) is 1.59. The summed E-state index contributed by atoms with van der Waals surface area (Å²) >= 11 is 3.00. The molecule has 0 bridgehead atoms. The van der Waals surface area contributed by atoms with Crippen molar-refractivity contribution in [2.75, 3.05) is 0 Å². The Morgan fingerprint density at radius 1 is 1.50 bits per heavy atom. The third kappa shape index (κ3) is 1.43. The van der Waals surface area contributed by atoms with Gasteiger partial charge in [-0.15, -0.1) is 0 Å². The summed E-state index contributed by atoms with van der Waals surface area (Å²) in [6, 6.07) is 1.05. The lowest BCUT2D eigenvalue weighted by molar-refractivity contribution is 0.392. The molecular formula is C8H7BrF2O. The standard InChI is InChI=1S/C8H7BrF2O/c1-2-4-5(9)3-6(10)8(12)7(4)11/h3,12H,2H2,1H3. The lowest BCUT2D eigenvalue weighted by atomic mass is 10.1. The molecule has 0 atom stereocenters. The first-order valence-corrected chi connectivity index (χ1v) is 4.22. The molecule has 1 aromatic carbocycles. The fraction of sp³-hybridized carbons (Fsp3) is 0.250. The maximum Gasteiger partial charge on any atom is 0.188 e. The predicted molar refractivity (Wildman–Crippen MR) is 45.1 cm³/mol. The zero-order chi connectivity index (χ0) is 9.30. The van der Waals surface area contributed by atoms with Gasteiger partial charge in [0.05, 0.1) is 0 Å². The summed E-state index contributed by atoms with van der Waals surface area (Å²) in [6.07, 6.45) is 0.403. The molecule has 0 amide bonds. The maximum absolute atomic E-state index is 13.0. The molecule has 0 aliphatic rings. The third-order valence-corrected chi connectivity index (χ3v) is 2.30. The second-order valence-electron chi connectivity index (χ2n) is 2.33. The number of rotatable bonds is 1. The summed E-state index contributed by atoms with van der Waals surface area (Å²) in [6.45, 7) is 1.72. The molecule has 1 aromatic rings. The molecule has 0 saturated heterocycles. The Hall–Kier alpha value is -0.640. The van der Waals surface area contributed by atoms with Crippen LogP contribution in [0.5, 0.6) is 5.75 Å². The molecule has 0 heterocycles. The number of aromatic hydroxyl groups is 1. The van der Waals surface area contributed by atoms with Crippen molar-refractivity contribution in [3.05, 3.63) is 27.7 Å². The van der Waals surface area contributed by atoms with Crippen molar-refractivity contribution >= 4 is 15.9 Å². The lowest BCUT2D eigenvalue weighted by Gasteiger charge is -2.05. The molecule has 0 spiro atoms. The van der Waals surface area contributed by atoms with E-state index in [4.69, 9.17) is 5.11 Å². The van der Waals surface area contributed by atoms with E-state index in [0.717, 1.165) is 6.07 Å². The highest BCUT2D eigenvalue weighted by atomic mass is 79.9. The van der Waals surface area contributed by atoms with Crippen molar-refractivity contribution in [3.8, 4) is 5.75 Å². The van der Waals surface area contributed by atoms with E-state index in [1.807, 2.05) is 0 Å². The fourth-order valence-corrected chi connectivity index (χ4v) is 1.60. The van der Waals surface area contributed by atoms with Gasteiger partial charge in [0.25, 0.3) is 0 Å². The Morgan fingerprint density at radius 3 is 2.58 bits per heavy atom. The molecule has 0 saturated carbocycles. The quantitative estimate of drug-likeness (QED) is 0.795. The number of hydrogen-bond acceptors (Lipinski definition) is 1. The van der Waals surface area contributed by atoms with Crippen LogP contribution in [0, 0.1) is 11.6 Å². The largest absolute Gasteiger partial charge is 0.503 e. The Balaban J connectivity index is 3.40. The summed E-state index contributed by atoms with van der Waals surface area (Å²) in [7, 11) is 0. The van der Waals surface area contributed by atoms with Gasteiger partial charge in [-0.1, -0.05) is 22.9 Å². The second-order valence-corrected chi connectivity index (χ2v) is 3.19. The molecule has 0 aliphatic carbocycles. The van der Waals surface area contributed by atoms with Crippen LogP contribution in [-0.4, -0.2) is 5.11 Å². The number of hydrogen-bond donors (Lipinski definition) is 1. The monoisotopic (exact) mass is 236 g/mol. The summed E-state index contributed by atoms with van der Waals surface area (Å²) in [5.74, 6) is -2.74. The molecule has 1 N–H and O–H groups in total. The van der Waals surface area contributed by atoms with Crippen LogP contribution < -0.4 is 0 Å². The van der Waals surface area contributed by atoms with Gasteiger partial charge >= 0.3 is 0 Å². The SMILES string of the molecule is CCc1c(Br)cc(F)c(O)c1F. The summed E-state index contributed by atoms with van der Waals surface area (Å²) in [5, 5.41) is 8.87. The van der Waals surface area contributed by atoms with E-state index < -0.39 is 17.4 Å². The van der Waals surface area contributed by atoms with Crippen molar-refractivity contribution in [3.63, 3.8) is 0 Å². The zero-order valence-corrected chi connectivity index (χ0v) is 7.95. The fourth-order valence-electron chi connectivity index (χ4n) is 0.943. The van der Waals surface area contributed by atoms with Gasteiger partial charge in [0.2, 0.25) is 0 Å². The van der Waals surface area contributed by atoms with Gasteiger partial charge in [-0.05, 0) is 12.5 Å². The minimum absolute atomic E-state index is 0.286. The van der Waals surface area contributed by atoms with Crippen LogP contribution in [0.3, 0.4) is 0 Å². The molecule has 1 nitrogen and oxygen atoms in total. The predicted octanol–water partition coefficient (Wildman–Crippen LogP) is 3.00. The minimum Gasteiger partial charge on any atom is -0.503 e. The summed E-state index contributed by atoms with van der Waals surface area (Å²) < 4.78 is 26.0. The Kier molecular flexibility index (Phi) is 2.67. The highest BCUT2D eigenvalue weighted by Gasteiger charge is 2.14. The van der Waals surface area contributed by atoms with Crippen LogP contribution in [0.1, 0.15) is 12.5 Å². The van der Waals surface area contributed by atoms with Crippen molar-refractivity contribution in [1.29, 1.82) is 0 Å². The van der Waals surface area contributed by atoms with Gasteiger partial charge in [-0.2, -0.15) is 0 Å². The van der Waals surface area contributed by atoms with Crippen molar-refractivity contribution in [2.45, 2.75) is 13.3 Å². The molecule has 0 radical (unpaired) electrons. The maximum atomic E-state index is 13.0. The van der Waals surface area contributed by atoms with Gasteiger partial charge in [0, 0.05) is 10.0 Å². The van der Waals surface area contributed by atoms with Crippen LogP contribution in [0.4, 0.5) is 8.78 Å². The van der Waals surface area contributed by atoms with E-state index in [1.54, 1.807) is 6.92 Å². The highest BCUT2D eigenvalue weighted by molar-refractivity contribution is 9.10. The van der Waals surface area contributed by atoms with Gasteiger partial charge in [0.1, 0.15) is 0 Å². The molecule has 66 valence electrons. The number of halogens is 3. The van der Waals surface area contributed by atoms with Gasteiger partial charge < -0.3 is 5.11 Å². The number of benzene rings is 1. The molecule has 12 heavy (non-hydrogen) atoms. The molecule has 0 aromatic heterocycles. The van der Waals surface area contributed by atoms with Gasteiger partial charge in [0.15, 0.2) is 17.4 Å². The number of phenols is 1. The summed E-state index contributed by atoms with van der Waals surface area (Å²) in [5.41, 5.74) is 0.286. The molecule has 0 aliphatic heterocycles. The second kappa shape index (κ2) is 3.39. The Bertz CT molecular complexity index is 312. The number of phenolic OH excluding ortho intramolecular Hbond substituents is 1. The molecule has 0 unspecified atom stereocenters. The van der Waals surface area contributed by atoms with Crippen molar-refractivity contribution in [1.82, 2.24) is 0 Å². The van der Waals surface area contributed by atoms with E-state index in [1.165, 1.54) is 0 Å². The molecule has 1 rings (SSSR count). The van der Waals surface area contributed by atoms with Crippen LogP contribution >= 0.6 is 15.9 Å². The first-order chi connectivity index (χ1) is 5.57. The van der Waals surface area contributed by atoms with E-state index in [2.05, 4.69) is 15.9 Å². The van der Waals surface area contributed by atoms with E-state index in [-0.39, 0.29) is 5.56 Å². The zero-order valence-electron chi connectivity index (χ0n) is 6.37. The normalized spacial score (nSPS) is 10.3. The van der Waals surface area contributed by atoms with Crippen molar-refractivity contribution in [2.24, 2.45) is 0 Å². The Morgan fingerprint density at radius 2 is 2.08 bits per heavy atom. The van der Waals surface area contributed by atoms with Crippen LogP contribution in [-0.2, 0) is 6.42 Å².